The number of rotatable bonds is 3. The highest BCUT2D eigenvalue weighted by molar-refractivity contribution is 5.34. The summed E-state index contributed by atoms with van der Waals surface area (Å²) in [5, 5.41) is 10.2. The largest absolute Gasteiger partial charge is 0.384 e. The molecule has 0 bridgehead atoms. The highest BCUT2D eigenvalue weighted by Crippen LogP contribution is 2.37. The molecule has 3 heteroatoms. The van der Waals surface area contributed by atoms with Crippen LogP contribution in [0.1, 0.15) is 48.0 Å². The molecule has 1 aliphatic rings. The fourth-order valence-corrected chi connectivity index (χ4v) is 2.59. The number of hydrogen-bond donors (Lipinski definition) is 1. The lowest BCUT2D eigenvalue weighted by Crippen LogP contribution is -2.09. The molecule has 20 heavy (non-hydrogen) atoms. The third-order valence-electron chi connectivity index (χ3n) is 4.09. The van der Waals surface area contributed by atoms with E-state index in [4.69, 9.17) is 0 Å². The summed E-state index contributed by atoms with van der Waals surface area (Å²) in [6.07, 6.45) is 2.64. The van der Waals surface area contributed by atoms with E-state index in [1.807, 2.05) is 24.3 Å². The van der Waals surface area contributed by atoms with Crippen molar-refractivity contribution in [1.82, 2.24) is 0 Å². The Balaban J connectivity index is 1.84. The molecule has 1 aliphatic carbocycles. The van der Waals surface area contributed by atoms with Crippen molar-refractivity contribution in [3.63, 3.8) is 0 Å². The Bertz CT molecular complexity index is 603. The van der Waals surface area contributed by atoms with Crippen molar-refractivity contribution in [2.45, 2.75) is 31.3 Å². The van der Waals surface area contributed by atoms with Crippen LogP contribution in [0.3, 0.4) is 0 Å². The second-order valence-corrected chi connectivity index (χ2v) is 5.36. The average molecular weight is 274 g/mol. The van der Waals surface area contributed by atoms with Gasteiger partial charge in [-0.05, 0) is 36.0 Å². The molecule has 1 unspecified atom stereocenters. The van der Waals surface area contributed by atoms with Crippen molar-refractivity contribution in [1.29, 1.82) is 0 Å². The molecule has 2 aromatic rings. The Hall–Kier alpha value is -1.74. The maximum Gasteiger partial charge on any atom is 0.132 e. The van der Waals surface area contributed by atoms with Crippen LogP contribution in [0, 0.1) is 11.6 Å². The molecular formula is C17H16F2O. The van der Waals surface area contributed by atoms with Crippen LogP contribution in [0.2, 0.25) is 0 Å². The van der Waals surface area contributed by atoms with Gasteiger partial charge in [0.15, 0.2) is 0 Å². The smallest absolute Gasteiger partial charge is 0.132 e. The van der Waals surface area contributed by atoms with E-state index in [-0.39, 0.29) is 5.56 Å². The zero-order valence-corrected chi connectivity index (χ0v) is 11.0. The Morgan fingerprint density at radius 3 is 2.25 bits per heavy atom. The molecule has 1 N–H and O–H groups in total. The Kier molecular flexibility index (Phi) is 3.53. The summed E-state index contributed by atoms with van der Waals surface area (Å²) >= 11 is 0. The SMILES string of the molecule is OC(c1ccc(C2CCC2)cc1)c1ccc(F)cc1F. The first kappa shape index (κ1) is 13.3. The van der Waals surface area contributed by atoms with Crippen molar-refractivity contribution in [3.05, 3.63) is 70.8 Å². The van der Waals surface area contributed by atoms with E-state index < -0.39 is 17.7 Å². The minimum absolute atomic E-state index is 0.0998. The van der Waals surface area contributed by atoms with Crippen molar-refractivity contribution < 1.29 is 13.9 Å². The number of hydrogen-bond acceptors (Lipinski definition) is 1. The molecule has 1 atom stereocenters. The summed E-state index contributed by atoms with van der Waals surface area (Å²) in [6.45, 7) is 0. The third kappa shape index (κ3) is 2.46. The van der Waals surface area contributed by atoms with E-state index in [1.54, 1.807) is 0 Å². The van der Waals surface area contributed by atoms with Crippen molar-refractivity contribution in [2.75, 3.05) is 0 Å². The van der Waals surface area contributed by atoms with Crippen molar-refractivity contribution in [2.24, 2.45) is 0 Å². The molecule has 0 aromatic heterocycles. The maximum atomic E-state index is 13.7. The topological polar surface area (TPSA) is 20.2 Å². The van der Waals surface area contributed by atoms with Crippen LogP contribution >= 0.6 is 0 Å². The molecule has 0 aliphatic heterocycles. The van der Waals surface area contributed by atoms with E-state index in [1.165, 1.54) is 30.9 Å². The molecule has 1 fully saturated rings. The number of aliphatic hydroxyl groups is 1. The highest BCUT2D eigenvalue weighted by Gasteiger charge is 2.20. The molecule has 1 nitrogen and oxygen atoms in total. The van der Waals surface area contributed by atoms with Gasteiger partial charge in [0.1, 0.15) is 17.7 Å². The molecule has 2 aromatic carbocycles. The van der Waals surface area contributed by atoms with Gasteiger partial charge in [0.25, 0.3) is 0 Å². The minimum atomic E-state index is -1.06. The summed E-state index contributed by atoms with van der Waals surface area (Å²) < 4.78 is 26.5. The predicted molar refractivity (Wildman–Crippen MR) is 73.5 cm³/mol. The fraction of sp³-hybridized carbons (Fsp3) is 0.294. The monoisotopic (exact) mass is 274 g/mol. The van der Waals surface area contributed by atoms with E-state index in [0.29, 0.717) is 11.5 Å². The number of halogens is 2. The van der Waals surface area contributed by atoms with Gasteiger partial charge in [-0.1, -0.05) is 36.8 Å². The van der Waals surface area contributed by atoms with Gasteiger partial charge in [0.05, 0.1) is 0 Å². The summed E-state index contributed by atoms with van der Waals surface area (Å²) in [4.78, 5) is 0. The summed E-state index contributed by atoms with van der Waals surface area (Å²) in [6, 6.07) is 10.9. The normalized spacial score (nSPS) is 16.8. The van der Waals surface area contributed by atoms with E-state index in [2.05, 4.69) is 0 Å². The molecule has 0 heterocycles. The van der Waals surface area contributed by atoms with Gasteiger partial charge in [-0.25, -0.2) is 8.78 Å². The second kappa shape index (κ2) is 5.33. The first-order chi connectivity index (χ1) is 9.65. The lowest BCUT2D eigenvalue weighted by molar-refractivity contribution is 0.214. The average Bonchev–Trinajstić information content (AvgIpc) is 2.37. The zero-order chi connectivity index (χ0) is 14.1. The van der Waals surface area contributed by atoms with Crippen LogP contribution in [0.25, 0.3) is 0 Å². The molecule has 3 rings (SSSR count). The van der Waals surface area contributed by atoms with Gasteiger partial charge in [-0.2, -0.15) is 0 Å². The third-order valence-corrected chi connectivity index (χ3v) is 4.09. The van der Waals surface area contributed by atoms with Gasteiger partial charge in [0, 0.05) is 11.6 Å². The summed E-state index contributed by atoms with van der Waals surface area (Å²) in [7, 11) is 0. The first-order valence-electron chi connectivity index (χ1n) is 6.88. The Morgan fingerprint density at radius 2 is 1.70 bits per heavy atom. The lowest BCUT2D eigenvalue weighted by Gasteiger charge is -2.26. The molecule has 0 radical (unpaired) electrons. The van der Waals surface area contributed by atoms with E-state index in [9.17, 15) is 13.9 Å². The quantitative estimate of drug-likeness (QED) is 0.884. The van der Waals surface area contributed by atoms with Crippen LogP contribution < -0.4 is 0 Å². The van der Waals surface area contributed by atoms with Gasteiger partial charge in [-0.15, -0.1) is 0 Å². The van der Waals surface area contributed by atoms with Gasteiger partial charge in [0.2, 0.25) is 0 Å². The van der Waals surface area contributed by atoms with Crippen LogP contribution in [-0.4, -0.2) is 5.11 Å². The van der Waals surface area contributed by atoms with Crippen molar-refractivity contribution >= 4 is 0 Å². The summed E-state index contributed by atoms with van der Waals surface area (Å²) in [5.74, 6) is -0.733. The minimum Gasteiger partial charge on any atom is -0.384 e. The predicted octanol–water partition coefficient (Wildman–Crippen LogP) is 4.31. The van der Waals surface area contributed by atoms with E-state index in [0.717, 1.165) is 12.1 Å². The molecular weight excluding hydrogens is 258 g/mol. The van der Waals surface area contributed by atoms with Gasteiger partial charge >= 0.3 is 0 Å². The van der Waals surface area contributed by atoms with Crippen LogP contribution in [-0.2, 0) is 0 Å². The van der Waals surface area contributed by atoms with Crippen LogP contribution in [0.4, 0.5) is 8.78 Å². The van der Waals surface area contributed by atoms with Gasteiger partial charge < -0.3 is 5.11 Å². The summed E-state index contributed by atoms with van der Waals surface area (Å²) in [5.41, 5.74) is 1.99. The zero-order valence-electron chi connectivity index (χ0n) is 11.0. The number of benzene rings is 2. The second-order valence-electron chi connectivity index (χ2n) is 5.36. The van der Waals surface area contributed by atoms with Gasteiger partial charge in [-0.3, -0.25) is 0 Å². The Labute approximate surface area is 116 Å². The standard InChI is InChI=1S/C17H16F2O/c18-14-8-9-15(16(19)10-14)17(20)13-6-4-12(5-7-13)11-2-1-3-11/h4-11,17,20H,1-3H2. The van der Waals surface area contributed by atoms with Crippen molar-refractivity contribution in [3.8, 4) is 0 Å². The molecule has 1 saturated carbocycles. The first-order valence-corrected chi connectivity index (χ1v) is 6.88. The maximum absolute atomic E-state index is 13.7. The molecule has 0 saturated heterocycles. The highest BCUT2D eigenvalue weighted by atomic mass is 19.1. The molecule has 0 amide bonds. The molecule has 0 spiro atoms. The fourth-order valence-electron chi connectivity index (χ4n) is 2.59. The lowest BCUT2D eigenvalue weighted by atomic mass is 9.80. The van der Waals surface area contributed by atoms with Crippen LogP contribution in [0.5, 0.6) is 0 Å². The Morgan fingerprint density at radius 1 is 1.00 bits per heavy atom. The van der Waals surface area contributed by atoms with Crippen LogP contribution in [0.15, 0.2) is 42.5 Å². The number of aliphatic hydroxyl groups excluding tert-OH is 1. The molecule has 104 valence electrons. The van der Waals surface area contributed by atoms with E-state index >= 15 is 0 Å².